The van der Waals surface area contributed by atoms with E-state index in [9.17, 15) is 14.4 Å². The molecule has 1 aliphatic carbocycles. The number of nitrogens with one attached hydrogen (secondary N) is 2. The van der Waals surface area contributed by atoms with Crippen LogP contribution in [0.25, 0.3) is 0 Å². The zero-order valence-corrected chi connectivity index (χ0v) is 21.4. The topological polar surface area (TPSA) is 97.0 Å². The molecule has 0 unspecified atom stereocenters. The van der Waals surface area contributed by atoms with Crippen LogP contribution < -0.4 is 15.4 Å². The number of carbonyl (C=O) groups excluding carboxylic acids is 3. The third-order valence-corrected chi connectivity index (χ3v) is 8.18. The van der Waals surface area contributed by atoms with Gasteiger partial charge in [-0.1, -0.05) is 45.3 Å². The monoisotopic (exact) mass is 495 g/mol. The molecule has 194 valence electrons. The summed E-state index contributed by atoms with van der Waals surface area (Å²) in [5.41, 5.74) is -0.491. The predicted octanol–water partition coefficient (Wildman–Crippen LogP) is 3.28. The Labute approximate surface area is 212 Å². The van der Waals surface area contributed by atoms with E-state index < -0.39 is 29.6 Å². The molecule has 1 aromatic rings. The van der Waals surface area contributed by atoms with Gasteiger partial charge in [-0.3, -0.25) is 14.4 Å². The van der Waals surface area contributed by atoms with E-state index in [1.54, 1.807) is 36.3 Å². The summed E-state index contributed by atoms with van der Waals surface area (Å²) >= 11 is 0. The van der Waals surface area contributed by atoms with Crippen LogP contribution in [0.2, 0.25) is 0 Å². The number of anilines is 1. The van der Waals surface area contributed by atoms with Gasteiger partial charge in [-0.05, 0) is 49.4 Å². The highest BCUT2D eigenvalue weighted by Crippen LogP contribution is 2.55. The van der Waals surface area contributed by atoms with Crippen LogP contribution in [-0.2, 0) is 19.1 Å². The first-order chi connectivity index (χ1) is 17.3. The predicted molar refractivity (Wildman–Crippen MR) is 135 cm³/mol. The van der Waals surface area contributed by atoms with Gasteiger partial charge in [-0.25, -0.2) is 0 Å². The van der Waals surface area contributed by atoms with Crippen LogP contribution in [0, 0.1) is 17.8 Å². The van der Waals surface area contributed by atoms with E-state index in [0.717, 1.165) is 32.1 Å². The summed E-state index contributed by atoms with van der Waals surface area (Å²) in [4.78, 5) is 42.8. The van der Waals surface area contributed by atoms with Crippen molar-refractivity contribution in [1.29, 1.82) is 0 Å². The minimum absolute atomic E-state index is 0.125. The summed E-state index contributed by atoms with van der Waals surface area (Å²) in [5, 5.41) is 6.17. The molecule has 1 aromatic carbocycles. The lowest BCUT2D eigenvalue weighted by molar-refractivity contribution is -0.141. The molecule has 8 nitrogen and oxygen atoms in total. The van der Waals surface area contributed by atoms with Crippen molar-refractivity contribution >= 4 is 23.4 Å². The molecule has 1 saturated carbocycles. The van der Waals surface area contributed by atoms with Crippen molar-refractivity contribution in [2.24, 2.45) is 17.8 Å². The lowest BCUT2D eigenvalue weighted by Gasteiger charge is -2.34. The summed E-state index contributed by atoms with van der Waals surface area (Å²) in [6, 6.07) is 6.43. The largest absolute Gasteiger partial charge is 0.497 e. The van der Waals surface area contributed by atoms with E-state index in [-0.39, 0.29) is 23.8 Å². The SMILES string of the molecule is COc1ccc(NC(=O)[C@@H]2[C@H]3C=C[C@]4(O3)[C@H](C(=O)NC3CCCCC3)N(CCC(C)C)C(=O)[C@@H]24)cc1. The van der Waals surface area contributed by atoms with Crippen molar-refractivity contribution in [3.8, 4) is 5.75 Å². The number of fused-ring (bicyclic) bond motifs is 1. The second-order valence-corrected chi connectivity index (χ2v) is 11.0. The summed E-state index contributed by atoms with van der Waals surface area (Å²) < 4.78 is 11.6. The molecule has 3 aliphatic heterocycles. The third-order valence-electron chi connectivity index (χ3n) is 8.18. The first-order valence-electron chi connectivity index (χ1n) is 13.3. The maximum atomic E-state index is 13.9. The Morgan fingerprint density at radius 3 is 2.53 bits per heavy atom. The van der Waals surface area contributed by atoms with E-state index in [2.05, 4.69) is 24.5 Å². The number of carbonyl (C=O) groups is 3. The fraction of sp³-hybridized carbons (Fsp3) is 0.607. The van der Waals surface area contributed by atoms with Crippen molar-refractivity contribution in [1.82, 2.24) is 10.2 Å². The molecule has 2 bridgehead atoms. The number of likely N-dealkylation sites (tertiary alicyclic amines) is 1. The summed E-state index contributed by atoms with van der Waals surface area (Å²) in [6.07, 6.45) is 9.29. The molecule has 8 heteroatoms. The van der Waals surface area contributed by atoms with Gasteiger partial charge in [0.25, 0.3) is 0 Å². The molecule has 5 atom stereocenters. The minimum atomic E-state index is -1.11. The summed E-state index contributed by atoms with van der Waals surface area (Å²) in [5.74, 6) is -0.953. The lowest BCUT2D eigenvalue weighted by Crippen LogP contribution is -2.56. The molecular weight excluding hydrogens is 458 g/mol. The molecule has 3 fully saturated rings. The average molecular weight is 496 g/mol. The van der Waals surface area contributed by atoms with Gasteiger partial charge in [0.2, 0.25) is 17.7 Å². The standard InChI is InChI=1S/C28H37N3O5/c1-17(2)14-16-31-24(26(33)30-18-7-5-4-6-8-18)28-15-13-21(36-28)22(23(28)27(31)34)25(32)29-19-9-11-20(35-3)12-10-19/h9-13,15,17-18,21-24H,4-8,14,16H2,1-3H3,(H,29,32)(H,30,33)/t21-,22-,23-,24+,28-/m1/s1. The van der Waals surface area contributed by atoms with Crippen LogP contribution in [0.4, 0.5) is 5.69 Å². The van der Waals surface area contributed by atoms with Crippen LogP contribution in [0.3, 0.4) is 0 Å². The molecule has 0 radical (unpaired) electrons. The zero-order valence-electron chi connectivity index (χ0n) is 21.4. The number of methoxy groups -OCH3 is 1. The summed E-state index contributed by atoms with van der Waals surface area (Å²) in [7, 11) is 1.59. The van der Waals surface area contributed by atoms with E-state index in [1.807, 2.05) is 12.2 Å². The van der Waals surface area contributed by atoms with Crippen LogP contribution in [0.5, 0.6) is 5.75 Å². The number of rotatable bonds is 8. The molecule has 0 aromatic heterocycles. The fourth-order valence-corrected chi connectivity index (χ4v) is 6.33. The Morgan fingerprint density at radius 1 is 1.14 bits per heavy atom. The molecule has 2 N–H and O–H groups in total. The number of benzene rings is 1. The minimum Gasteiger partial charge on any atom is -0.497 e. The number of hydrogen-bond acceptors (Lipinski definition) is 5. The second kappa shape index (κ2) is 9.88. The number of nitrogens with zero attached hydrogens (tertiary/aromatic N) is 1. The van der Waals surface area contributed by atoms with Crippen LogP contribution >= 0.6 is 0 Å². The molecule has 1 spiro atoms. The highest BCUT2D eigenvalue weighted by atomic mass is 16.5. The average Bonchev–Trinajstić information content (AvgIpc) is 3.51. The second-order valence-electron chi connectivity index (χ2n) is 11.0. The maximum absolute atomic E-state index is 13.9. The number of hydrogen-bond donors (Lipinski definition) is 2. The van der Waals surface area contributed by atoms with Crippen LogP contribution in [-0.4, -0.2) is 60.1 Å². The number of amides is 3. The van der Waals surface area contributed by atoms with Crippen molar-refractivity contribution in [2.45, 2.75) is 76.2 Å². The Hall–Kier alpha value is -2.87. The van der Waals surface area contributed by atoms with Crippen molar-refractivity contribution < 1.29 is 23.9 Å². The quantitative estimate of drug-likeness (QED) is 0.540. The molecular formula is C28H37N3O5. The van der Waals surface area contributed by atoms with Gasteiger partial charge >= 0.3 is 0 Å². The Balaban J connectivity index is 1.41. The molecule has 4 aliphatic rings. The lowest BCUT2D eigenvalue weighted by atomic mass is 9.74. The molecule has 3 heterocycles. The van der Waals surface area contributed by atoms with Gasteiger partial charge in [0.15, 0.2) is 0 Å². The van der Waals surface area contributed by atoms with Gasteiger partial charge in [-0.15, -0.1) is 0 Å². The van der Waals surface area contributed by atoms with E-state index in [1.165, 1.54) is 6.42 Å². The number of ether oxygens (including phenoxy) is 2. The Kier molecular flexibility index (Phi) is 6.81. The van der Waals surface area contributed by atoms with Gasteiger partial charge in [0, 0.05) is 18.3 Å². The van der Waals surface area contributed by atoms with Crippen molar-refractivity contribution in [2.75, 3.05) is 19.0 Å². The van der Waals surface area contributed by atoms with Gasteiger partial charge in [0.05, 0.1) is 25.0 Å². The molecule has 5 rings (SSSR count). The van der Waals surface area contributed by atoms with Crippen molar-refractivity contribution in [3.05, 3.63) is 36.4 Å². The molecule has 2 saturated heterocycles. The highest BCUT2D eigenvalue weighted by molar-refractivity contribution is 6.02. The Morgan fingerprint density at radius 2 is 1.86 bits per heavy atom. The smallest absolute Gasteiger partial charge is 0.246 e. The van der Waals surface area contributed by atoms with Crippen LogP contribution in [0.15, 0.2) is 36.4 Å². The maximum Gasteiger partial charge on any atom is 0.246 e. The first kappa shape index (κ1) is 24.8. The van der Waals surface area contributed by atoms with Gasteiger partial charge < -0.3 is 25.0 Å². The van der Waals surface area contributed by atoms with Gasteiger partial charge in [0.1, 0.15) is 17.4 Å². The van der Waals surface area contributed by atoms with E-state index >= 15 is 0 Å². The van der Waals surface area contributed by atoms with Gasteiger partial charge in [-0.2, -0.15) is 0 Å². The first-order valence-corrected chi connectivity index (χ1v) is 13.3. The molecule has 3 amide bonds. The normalized spacial score (nSPS) is 31.1. The highest BCUT2D eigenvalue weighted by Gasteiger charge is 2.72. The Bertz CT molecular complexity index is 1030. The zero-order chi connectivity index (χ0) is 25.4. The van der Waals surface area contributed by atoms with Crippen LogP contribution in [0.1, 0.15) is 52.4 Å². The van der Waals surface area contributed by atoms with E-state index in [0.29, 0.717) is 23.9 Å². The molecule has 36 heavy (non-hydrogen) atoms. The van der Waals surface area contributed by atoms with Crippen molar-refractivity contribution in [3.63, 3.8) is 0 Å². The fourth-order valence-electron chi connectivity index (χ4n) is 6.33. The van der Waals surface area contributed by atoms with E-state index in [4.69, 9.17) is 9.47 Å². The third kappa shape index (κ3) is 4.29. The summed E-state index contributed by atoms with van der Waals surface area (Å²) in [6.45, 7) is 4.67.